The van der Waals surface area contributed by atoms with Crippen LogP contribution >= 0.6 is 0 Å². The van der Waals surface area contributed by atoms with Crippen LogP contribution in [0.1, 0.15) is 26.3 Å². The standard InChI is InChI=1S/C15H18N2O2/c1-9-10(2)19-11(3)14(9)15(18)17-13-7-5-4-6-12(13)8-16/h4-7,9-11,14H,1-3H3,(H,17,18). The Kier molecular flexibility index (Phi) is 3.87. The first-order chi connectivity index (χ1) is 9.04. The summed E-state index contributed by atoms with van der Waals surface area (Å²) in [5.41, 5.74) is 1.04. The molecule has 4 heteroatoms. The molecular formula is C15H18N2O2. The van der Waals surface area contributed by atoms with Crippen LogP contribution in [0, 0.1) is 23.2 Å². The number of carbonyl (C=O) groups is 1. The number of benzene rings is 1. The van der Waals surface area contributed by atoms with Crippen molar-refractivity contribution in [2.24, 2.45) is 11.8 Å². The fraction of sp³-hybridized carbons (Fsp3) is 0.467. The number of hydrogen-bond donors (Lipinski definition) is 1. The zero-order chi connectivity index (χ0) is 14.0. The minimum absolute atomic E-state index is 0.0768. The number of amides is 1. The van der Waals surface area contributed by atoms with Crippen molar-refractivity contribution in [3.05, 3.63) is 29.8 Å². The molecule has 0 aromatic heterocycles. The molecule has 0 aliphatic carbocycles. The Morgan fingerprint density at radius 2 is 1.95 bits per heavy atom. The molecule has 1 amide bonds. The lowest BCUT2D eigenvalue weighted by atomic mass is 9.88. The molecule has 100 valence electrons. The van der Waals surface area contributed by atoms with Gasteiger partial charge < -0.3 is 10.1 Å². The number of hydrogen-bond acceptors (Lipinski definition) is 3. The van der Waals surface area contributed by atoms with E-state index < -0.39 is 0 Å². The normalized spacial score (nSPS) is 29.8. The second-order valence-corrected chi connectivity index (χ2v) is 5.08. The van der Waals surface area contributed by atoms with Gasteiger partial charge in [-0.15, -0.1) is 0 Å². The highest BCUT2D eigenvalue weighted by molar-refractivity contribution is 5.94. The Balaban J connectivity index is 2.16. The van der Waals surface area contributed by atoms with E-state index in [1.165, 1.54) is 0 Å². The van der Waals surface area contributed by atoms with Gasteiger partial charge in [-0.05, 0) is 31.9 Å². The molecule has 1 heterocycles. The minimum Gasteiger partial charge on any atom is -0.374 e. The van der Waals surface area contributed by atoms with Crippen molar-refractivity contribution in [1.29, 1.82) is 5.26 Å². The molecular weight excluding hydrogens is 240 g/mol. The van der Waals surface area contributed by atoms with Gasteiger partial charge in [-0.3, -0.25) is 4.79 Å². The maximum absolute atomic E-state index is 12.3. The first-order valence-corrected chi connectivity index (χ1v) is 6.50. The highest BCUT2D eigenvalue weighted by atomic mass is 16.5. The van der Waals surface area contributed by atoms with Gasteiger partial charge in [0.1, 0.15) is 6.07 Å². The smallest absolute Gasteiger partial charge is 0.230 e. The third kappa shape index (κ3) is 2.61. The number of para-hydroxylation sites is 1. The van der Waals surface area contributed by atoms with Crippen LogP contribution in [0.4, 0.5) is 5.69 Å². The van der Waals surface area contributed by atoms with Crippen LogP contribution in [0.5, 0.6) is 0 Å². The van der Waals surface area contributed by atoms with Gasteiger partial charge >= 0.3 is 0 Å². The highest BCUT2D eigenvalue weighted by Crippen LogP contribution is 2.33. The van der Waals surface area contributed by atoms with Crippen LogP contribution in [0.15, 0.2) is 24.3 Å². The van der Waals surface area contributed by atoms with E-state index in [9.17, 15) is 4.79 Å². The zero-order valence-corrected chi connectivity index (χ0v) is 11.4. The van der Waals surface area contributed by atoms with Crippen molar-refractivity contribution < 1.29 is 9.53 Å². The first-order valence-electron chi connectivity index (χ1n) is 6.50. The van der Waals surface area contributed by atoms with Crippen LogP contribution in [0.25, 0.3) is 0 Å². The Bertz CT molecular complexity index is 521. The van der Waals surface area contributed by atoms with E-state index in [1.807, 2.05) is 20.8 Å². The molecule has 4 unspecified atom stereocenters. The number of ether oxygens (including phenoxy) is 1. The molecule has 0 radical (unpaired) electrons. The monoisotopic (exact) mass is 258 g/mol. The van der Waals surface area contributed by atoms with Crippen molar-refractivity contribution in [3.8, 4) is 6.07 Å². The Morgan fingerprint density at radius 3 is 2.53 bits per heavy atom. The number of anilines is 1. The minimum atomic E-state index is -0.179. The van der Waals surface area contributed by atoms with E-state index in [1.54, 1.807) is 24.3 Å². The molecule has 4 nitrogen and oxygen atoms in total. The lowest BCUT2D eigenvalue weighted by Crippen LogP contribution is -2.32. The van der Waals surface area contributed by atoms with Gasteiger partial charge in [0, 0.05) is 0 Å². The number of nitrogens with zero attached hydrogens (tertiary/aromatic N) is 1. The molecule has 4 atom stereocenters. The Hall–Kier alpha value is -1.86. The summed E-state index contributed by atoms with van der Waals surface area (Å²) in [7, 11) is 0. The van der Waals surface area contributed by atoms with Gasteiger partial charge in [0.05, 0.1) is 29.4 Å². The first kappa shape index (κ1) is 13.6. The van der Waals surface area contributed by atoms with Gasteiger partial charge in [-0.1, -0.05) is 19.1 Å². The van der Waals surface area contributed by atoms with Crippen molar-refractivity contribution in [1.82, 2.24) is 0 Å². The highest BCUT2D eigenvalue weighted by Gasteiger charge is 2.41. The van der Waals surface area contributed by atoms with Crippen molar-refractivity contribution in [3.63, 3.8) is 0 Å². The van der Waals surface area contributed by atoms with E-state index in [-0.39, 0.29) is 30.0 Å². The molecule has 1 saturated heterocycles. The van der Waals surface area contributed by atoms with E-state index >= 15 is 0 Å². The molecule has 2 rings (SSSR count). The summed E-state index contributed by atoms with van der Waals surface area (Å²) in [5, 5.41) is 11.9. The fourth-order valence-corrected chi connectivity index (χ4v) is 2.62. The van der Waals surface area contributed by atoms with E-state index in [4.69, 9.17) is 10.00 Å². The largest absolute Gasteiger partial charge is 0.374 e. The Morgan fingerprint density at radius 1 is 1.26 bits per heavy atom. The topological polar surface area (TPSA) is 62.1 Å². The average molecular weight is 258 g/mol. The zero-order valence-electron chi connectivity index (χ0n) is 11.4. The summed E-state index contributed by atoms with van der Waals surface area (Å²) < 4.78 is 5.68. The molecule has 0 spiro atoms. The van der Waals surface area contributed by atoms with Gasteiger partial charge in [0.25, 0.3) is 0 Å². The number of carbonyl (C=O) groups excluding carboxylic acids is 1. The second kappa shape index (κ2) is 5.41. The SMILES string of the molecule is CC1OC(C)C(C(=O)Nc2ccccc2C#N)C1C. The van der Waals surface area contributed by atoms with E-state index in [2.05, 4.69) is 11.4 Å². The summed E-state index contributed by atoms with van der Waals surface area (Å²) in [4.78, 5) is 12.3. The van der Waals surface area contributed by atoms with Crippen LogP contribution in [-0.4, -0.2) is 18.1 Å². The van der Waals surface area contributed by atoms with E-state index in [0.717, 1.165) is 0 Å². The van der Waals surface area contributed by atoms with Crippen LogP contribution in [0.2, 0.25) is 0 Å². The summed E-state index contributed by atoms with van der Waals surface area (Å²) in [6, 6.07) is 9.09. The number of nitrogens with one attached hydrogen (secondary N) is 1. The average Bonchev–Trinajstić information content (AvgIpc) is 2.64. The predicted molar refractivity (Wildman–Crippen MR) is 72.4 cm³/mol. The lowest BCUT2D eigenvalue weighted by Gasteiger charge is -2.18. The number of nitriles is 1. The second-order valence-electron chi connectivity index (χ2n) is 5.08. The maximum atomic E-state index is 12.3. The molecule has 1 aromatic carbocycles. The Labute approximate surface area is 113 Å². The molecule has 0 saturated carbocycles. The van der Waals surface area contributed by atoms with Crippen molar-refractivity contribution >= 4 is 11.6 Å². The van der Waals surface area contributed by atoms with Gasteiger partial charge in [-0.25, -0.2) is 0 Å². The number of rotatable bonds is 2. The molecule has 1 fully saturated rings. The van der Waals surface area contributed by atoms with Gasteiger partial charge in [0.2, 0.25) is 5.91 Å². The molecule has 0 bridgehead atoms. The molecule has 1 aromatic rings. The predicted octanol–water partition coefficient (Wildman–Crippen LogP) is 2.56. The van der Waals surface area contributed by atoms with Crippen LogP contribution in [-0.2, 0) is 9.53 Å². The summed E-state index contributed by atoms with van der Waals surface area (Å²) >= 11 is 0. The molecule has 1 aliphatic rings. The van der Waals surface area contributed by atoms with E-state index in [0.29, 0.717) is 11.3 Å². The quantitative estimate of drug-likeness (QED) is 0.886. The van der Waals surface area contributed by atoms with Crippen molar-refractivity contribution in [2.45, 2.75) is 33.0 Å². The third-order valence-electron chi connectivity index (χ3n) is 3.85. The molecule has 1 N–H and O–H groups in total. The summed E-state index contributed by atoms with van der Waals surface area (Å²) in [6.07, 6.45) is -0.0174. The van der Waals surface area contributed by atoms with Crippen LogP contribution in [0.3, 0.4) is 0 Å². The maximum Gasteiger partial charge on any atom is 0.230 e. The van der Waals surface area contributed by atoms with Gasteiger partial charge in [-0.2, -0.15) is 5.26 Å². The fourth-order valence-electron chi connectivity index (χ4n) is 2.62. The van der Waals surface area contributed by atoms with Crippen molar-refractivity contribution in [2.75, 3.05) is 5.32 Å². The summed E-state index contributed by atoms with van der Waals surface area (Å²) in [5.74, 6) is -0.0851. The third-order valence-corrected chi connectivity index (χ3v) is 3.85. The molecule has 1 aliphatic heterocycles. The molecule has 19 heavy (non-hydrogen) atoms. The lowest BCUT2D eigenvalue weighted by molar-refractivity contribution is -0.121. The van der Waals surface area contributed by atoms with Gasteiger partial charge in [0.15, 0.2) is 0 Å². The van der Waals surface area contributed by atoms with Crippen LogP contribution < -0.4 is 5.32 Å². The summed E-state index contributed by atoms with van der Waals surface area (Å²) in [6.45, 7) is 5.92.